The summed E-state index contributed by atoms with van der Waals surface area (Å²) in [4.78, 5) is 4.54. The highest BCUT2D eigenvalue weighted by Gasteiger charge is 2.14. The molecule has 0 spiro atoms. The Labute approximate surface area is 140 Å². The zero-order valence-corrected chi connectivity index (χ0v) is 13.6. The fraction of sp³-hybridized carbons (Fsp3) is 0.278. The van der Waals surface area contributed by atoms with Crippen molar-refractivity contribution in [2.75, 3.05) is 13.1 Å². The first-order valence-electron chi connectivity index (χ1n) is 7.62. The molecule has 5 heteroatoms. The summed E-state index contributed by atoms with van der Waals surface area (Å²) in [5, 5.41) is 3.65. The van der Waals surface area contributed by atoms with Gasteiger partial charge in [-0.15, -0.1) is 0 Å². The van der Waals surface area contributed by atoms with Gasteiger partial charge in [-0.25, -0.2) is 9.37 Å². The highest BCUT2D eigenvalue weighted by molar-refractivity contribution is 6.30. The molecule has 2 aromatic rings. The molecule has 120 valence electrons. The highest BCUT2D eigenvalue weighted by Crippen LogP contribution is 2.26. The molecule has 1 aromatic carbocycles. The number of benzene rings is 1. The number of nitrogens with zero attached hydrogens (tertiary/aromatic N) is 1. The average molecular weight is 333 g/mol. The molecule has 1 unspecified atom stereocenters. The Morgan fingerprint density at radius 2 is 2.17 bits per heavy atom. The molecule has 0 fully saturated rings. The van der Waals surface area contributed by atoms with Crippen LogP contribution in [0.4, 0.5) is 4.39 Å². The molecular weight excluding hydrogens is 315 g/mol. The lowest BCUT2D eigenvalue weighted by Crippen LogP contribution is -2.20. The van der Waals surface area contributed by atoms with Gasteiger partial charge < -0.3 is 10.1 Å². The lowest BCUT2D eigenvalue weighted by atomic mass is 10.1. The Bertz CT molecular complexity index is 733. The number of ether oxygens (including phenoxy) is 1. The second kappa shape index (κ2) is 7.11. The Balaban J connectivity index is 1.78. The largest absolute Gasteiger partial charge is 0.470 e. The summed E-state index contributed by atoms with van der Waals surface area (Å²) in [5.74, 6) is 0.117. The standard InChI is InChI=1S/C18H18ClFN2O/c1-12(15-6-5-14(19)11-16(15)20)23-18-4-2-3-17(22-18)13-7-9-21-10-8-13/h2-7,11-12,21H,8-10H2,1H3. The minimum Gasteiger partial charge on any atom is -0.470 e. The van der Waals surface area contributed by atoms with Crippen molar-refractivity contribution < 1.29 is 9.13 Å². The predicted octanol–water partition coefficient (Wildman–Crippen LogP) is 4.39. The molecule has 2 heterocycles. The first-order chi connectivity index (χ1) is 11.1. The second-order valence-corrected chi connectivity index (χ2v) is 5.91. The number of aromatic nitrogens is 1. The molecule has 0 radical (unpaired) electrons. The van der Waals surface area contributed by atoms with E-state index in [0.717, 1.165) is 25.2 Å². The molecule has 1 atom stereocenters. The Morgan fingerprint density at radius 3 is 2.91 bits per heavy atom. The minimum atomic E-state index is -0.447. The maximum atomic E-state index is 14.0. The van der Waals surface area contributed by atoms with Crippen LogP contribution in [0, 0.1) is 5.82 Å². The van der Waals surface area contributed by atoms with Gasteiger partial charge in [-0.3, -0.25) is 0 Å². The molecule has 3 rings (SSSR count). The topological polar surface area (TPSA) is 34.1 Å². The first-order valence-corrected chi connectivity index (χ1v) is 8.00. The molecule has 1 aromatic heterocycles. The van der Waals surface area contributed by atoms with Crippen molar-refractivity contribution in [3.8, 4) is 5.88 Å². The van der Waals surface area contributed by atoms with Crippen LogP contribution >= 0.6 is 11.6 Å². The normalized spacial score (nSPS) is 15.9. The van der Waals surface area contributed by atoms with E-state index < -0.39 is 6.10 Å². The predicted molar refractivity (Wildman–Crippen MR) is 90.2 cm³/mol. The average Bonchev–Trinajstić information content (AvgIpc) is 2.56. The molecule has 0 aliphatic carbocycles. The molecule has 0 amide bonds. The molecule has 23 heavy (non-hydrogen) atoms. The smallest absolute Gasteiger partial charge is 0.214 e. The number of pyridine rings is 1. The first kappa shape index (κ1) is 16.0. The molecule has 0 bridgehead atoms. The van der Waals surface area contributed by atoms with E-state index >= 15 is 0 Å². The van der Waals surface area contributed by atoms with Crippen molar-refractivity contribution in [1.82, 2.24) is 10.3 Å². The van der Waals surface area contributed by atoms with Gasteiger partial charge in [-0.1, -0.05) is 29.8 Å². The minimum absolute atomic E-state index is 0.372. The van der Waals surface area contributed by atoms with Crippen LogP contribution < -0.4 is 10.1 Å². The number of halogens is 2. The van der Waals surface area contributed by atoms with Gasteiger partial charge in [-0.2, -0.15) is 0 Å². The van der Waals surface area contributed by atoms with Crippen LogP contribution in [0.3, 0.4) is 0 Å². The Kier molecular flexibility index (Phi) is 4.94. The molecule has 0 saturated heterocycles. The van der Waals surface area contributed by atoms with E-state index in [4.69, 9.17) is 16.3 Å². The van der Waals surface area contributed by atoms with Gasteiger partial charge in [0.1, 0.15) is 11.9 Å². The van der Waals surface area contributed by atoms with Gasteiger partial charge in [-0.05, 0) is 43.7 Å². The van der Waals surface area contributed by atoms with Crippen LogP contribution in [0.1, 0.15) is 30.7 Å². The van der Waals surface area contributed by atoms with E-state index in [1.807, 2.05) is 12.1 Å². The SMILES string of the molecule is CC(Oc1cccc(C2=CCNCC2)n1)c1ccc(Cl)cc1F. The summed E-state index contributed by atoms with van der Waals surface area (Å²) < 4.78 is 19.8. The third kappa shape index (κ3) is 3.89. The van der Waals surface area contributed by atoms with Crippen molar-refractivity contribution in [1.29, 1.82) is 0 Å². The van der Waals surface area contributed by atoms with E-state index in [0.29, 0.717) is 16.5 Å². The van der Waals surface area contributed by atoms with E-state index in [-0.39, 0.29) is 5.82 Å². The fourth-order valence-corrected chi connectivity index (χ4v) is 2.75. The molecule has 1 aliphatic rings. The van der Waals surface area contributed by atoms with E-state index in [1.54, 1.807) is 25.1 Å². The van der Waals surface area contributed by atoms with Gasteiger partial charge in [0.15, 0.2) is 0 Å². The van der Waals surface area contributed by atoms with Gasteiger partial charge in [0.05, 0.1) is 5.69 Å². The lowest BCUT2D eigenvalue weighted by molar-refractivity contribution is 0.212. The van der Waals surface area contributed by atoms with E-state index in [1.165, 1.54) is 11.6 Å². The fourth-order valence-electron chi connectivity index (χ4n) is 2.59. The quantitative estimate of drug-likeness (QED) is 0.901. The van der Waals surface area contributed by atoms with Gasteiger partial charge in [0, 0.05) is 23.2 Å². The van der Waals surface area contributed by atoms with Crippen molar-refractivity contribution in [2.24, 2.45) is 0 Å². The highest BCUT2D eigenvalue weighted by atomic mass is 35.5. The van der Waals surface area contributed by atoms with Crippen LogP contribution in [0.25, 0.3) is 5.57 Å². The lowest BCUT2D eigenvalue weighted by Gasteiger charge is -2.17. The number of hydrogen-bond donors (Lipinski definition) is 1. The molecule has 0 saturated carbocycles. The number of nitrogens with one attached hydrogen (secondary N) is 1. The van der Waals surface area contributed by atoms with Gasteiger partial charge in [0.25, 0.3) is 0 Å². The van der Waals surface area contributed by atoms with E-state index in [2.05, 4.69) is 16.4 Å². The molecule has 1 aliphatic heterocycles. The molecular formula is C18H18ClFN2O. The molecule has 1 N–H and O–H groups in total. The van der Waals surface area contributed by atoms with Gasteiger partial charge >= 0.3 is 0 Å². The van der Waals surface area contributed by atoms with E-state index in [9.17, 15) is 4.39 Å². The zero-order valence-electron chi connectivity index (χ0n) is 12.9. The van der Waals surface area contributed by atoms with Crippen LogP contribution in [-0.4, -0.2) is 18.1 Å². The van der Waals surface area contributed by atoms with Crippen LogP contribution in [0.15, 0.2) is 42.5 Å². The second-order valence-electron chi connectivity index (χ2n) is 5.47. The van der Waals surface area contributed by atoms with Crippen molar-refractivity contribution >= 4 is 17.2 Å². The number of hydrogen-bond acceptors (Lipinski definition) is 3. The van der Waals surface area contributed by atoms with Crippen LogP contribution in [-0.2, 0) is 0 Å². The maximum absolute atomic E-state index is 14.0. The van der Waals surface area contributed by atoms with Crippen LogP contribution in [0.5, 0.6) is 5.88 Å². The third-order valence-electron chi connectivity index (χ3n) is 3.81. The summed E-state index contributed by atoms with van der Waals surface area (Å²) in [7, 11) is 0. The summed E-state index contributed by atoms with van der Waals surface area (Å²) >= 11 is 5.78. The maximum Gasteiger partial charge on any atom is 0.214 e. The summed E-state index contributed by atoms with van der Waals surface area (Å²) in [6.07, 6.45) is 2.63. The number of rotatable bonds is 4. The Morgan fingerprint density at radius 1 is 1.30 bits per heavy atom. The summed E-state index contributed by atoms with van der Waals surface area (Å²) in [6.45, 7) is 3.60. The van der Waals surface area contributed by atoms with Crippen molar-refractivity contribution in [2.45, 2.75) is 19.4 Å². The summed E-state index contributed by atoms with van der Waals surface area (Å²) in [5.41, 5.74) is 2.58. The molecule has 3 nitrogen and oxygen atoms in total. The van der Waals surface area contributed by atoms with Crippen LogP contribution in [0.2, 0.25) is 5.02 Å². The Hall–Kier alpha value is -1.91. The van der Waals surface area contributed by atoms with Gasteiger partial charge in [0.2, 0.25) is 5.88 Å². The van der Waals surface area contributed by atoms with Crippen molar-refractivity contribution in [3.63, 3.8) is 0 Å². The van der Waals surface area contributed by atoms with Crippen molar-refractivity contribution in [3.05, 3.63) is 64.6 Å². The zero-order chi connectivity index (χ0) is 16.2. The third-order valence-corrected chi connectivity index (χ3v) is 4.05. The summed E-state index contributed by atoms with van der Waals surface area (Å²) in [6, 6.07) is 10.3. The monoisotopic (exact) mass is 332 g/mol.